The normalized spacial score (nSPS) is 10.9. The Kier molecular flexibility index (Phi) is 5.30. The molecule has 0 aromatic heterocycles. The largest absolute Gasteiger partial charge is 0.508 e. The molecule has 0 spiro atoms. The van der Waals surface area contributed by atoms with Crippen LogP contribution in [-0.4, -0.2) is 32.5 Å². The number of nitrogens with one attached hydrogen (secondary N) is 1. The number of carbonyl (C=O) groups is 1. The highest BCUT2D eigenvalue weighted by molar-refractivity contribution is 7.90. The zero-order valence-electron chi connectivity index (χ0n) is 13.1. The average Bonchev–Trinajstić information content (AvgIpc) is 2.46. The van der Waals surface area contributed by atoms with E-state index < -0.39 is 15.9 Å². The van der Waals surface area contributed by atoms with E-state index in [1.807, 2.05) is 0 Å². The van der Waals surface area contributed by atoms with Crippen molar-refractivity contribution in [3.63, 3.8) is 0 Å². The Hall–Kier alpha value is -2.74. The maximum Gasteiger partial charge on any atom is 0.411 e. The number of benzene rings is 2. The molecular weight excluding hydrogens is 334 g/mol. The molecule has 2 aromatic rings. The number of sulfone groups is 1. The van der Waals surface area contributed by atoms with Crippen molar-refractivity contribution in [1.82, 2.24) is 0 Å². The first kappa shape index (κ1) is 17.6. The van der Waals surface area contributed by atoms with Gasteiger partial charge < -0.3 is 14.6 Å². The lowest BCUT2D eigenvalue weighted by molar-refractivity contribution is 0.168. The van der Waals surface area contributed by atoms with Gasteiger partial charge in [-0.15, -0.1) is 0 Å². The zero-order valence-corrected chi connectivity index (χ0v) is 14.0. The number of carbonyl (C=O) groups excluding carboxylic acids is 1. The van der Waals surface area contributed by atoms with E-state index in [1.54, 1.807) is 6.92 Å². The van der Waals surface area contributed by atoms with E-state index in [4.69, 9.17) is 9.47 Å². The molecule has 8 heteroatoms. The minimum absolute atomic E-state index is 0.105. The summed E-state index contributed by atoms with van der Waals surface area (Å²) in [7, 11) is -3.28. The summed E-state index contributed by atoms with van der Waals surface area (Å²) in [4.78, 5) is 11.6. The van der Waals surface area contributed by atoms with E-state index in [1.165, 1.54) is 42.5 Å². The maximum atomic E-state index is 11.4. The van der Waals surface area contributed by atoms with Gasteiger partial charge in [-0.3, -0.25) is 5.32 Å². The van der Waals surface area contributed by atoms with Gasteiger partial charge in [0.15, 0.2) is 9.84 Å². The lowest BCUT2D eigenvalue weighted by Crippen LogP contribution is -2.13. The molecule has 0 radical (unpaired) electrons. The molecule has 2 rings (SSSR count). The Balaban J connectivity index is 2.17. The van der Waals surface area contributed by atoms with Crippen LogP contribution in [0.3, 0.4) is 0 Å². The zero-order chi connectivity index (χ0) is 17.7. The van der Waals surface area contributed by atoms with Crippen molar-refractivity contribution < 1.29 is 27.8 Å². The molecule has 2 N–H and O–H groups in total. The fourth-order valence-electron chi connectivity index (χ4n) is 1.89. The van der Waals surface area contributed by atoms with Crippen molar-refractivity contribution in [2.75, 3.05) is 18.2 Å². The molecule has 128 valence electrons. The molecule has 0 fully saturated rings. The molecule has 1 amide bonds. The van der Waals surface area contributed by atoms with Gasteiger partial charge in [-0.25, -0.2) is 13.2 Å². The molecule has 0 bridgehead atoms. The molecule has 0 aliphatic rings. The second kappa shape index (κ2) is 7.22. The van der Waals surface area contributed by atoms with Crippen molar-refractivity contribution in [2.24, 2.45) is 0 Å². The highest BCUT2D eigenvalue weighted by Crippen LogP contribution is 2.29. The maximum absolute atomic E-state index is 11.4. The Morgan fingerprint density at radius 2 is 1.79 bits per heavy atom. The van der Waals surface area contributed by atoms with E-state index in [0.717, 1.165) is 6.26 Å². The van der Waals surface area contributed by atoms with Gasteiger partial charge in [0.2, 0.25) is 0 Å². The Morgan fingerprint density at radius 3 is 2.38 bits per heavy atom. The van der Waals surface area contributed by atoms with Crippen molar-refractivity contribution in [3.8, 4) is 17.2 Å². The smallest absolute Gasteiger partial charge is 0.411 e. The summed E-state index contributed by atoms with van der Waals surface area (Å²) in [5.41, 5.74) is 0.302. The SMILES string of the molecule is CCOC(=O)Nc1cc(O)cc(Oc2ccc(S(C)(=O)=O)cc2)c1. The first-order chi connectivity index (χ1) is 11.3. The van der Waals surface area contributed by atoms with E-state index in [2.05, 4.69) is 5.32 Å². The molecule has 2 aromatic carbocycles. The topological polar surface area (TPSA) is 102 Å². The lowest BCUT2D eigenvalue weighted by atomic mass is 10.2. The number of phenols is 1. The predicted molar refractivity (Wildman–Crippen MR) is 88.4 cm³/mol. The Morgan fingerprint density at radius 1 is 1.12 bits per heavy atom. The Labute approximate surface area is 139 Å². The molecule has 0 saturated carbocycles. The molecule has 0 aliphatic heterocycles. The van der Waals surface area contributed by atoms with Gasteiger partial charge in [0.25, 0.3) is 0 Å². The van der Waals surface area contributed by atoms with Crippen LogP contribution in [-0.2, 0) is 14.6 Å². The first-order valence-electron chi connectivity index (χ1n) is 7.04. The monoisotopic (exact) mass is 351 g/mol. The second-order valence-corrected chi connectivity index (χ2v) is 6.92. The predicted octanol–water partition coefficient (Wildman–Crippen LogP) is 3.16. The fourth-order valence-corrected chi connectivity index (χ4v) is 2.52. The van der Waals surface area contributed by atoms with E-state index in [-0.39, 0.29) is 23.0 Å². The van der Waals surface area contributed by atoms with Gasteiger partial charge in [-0.2, -0.15) is 0 Å². The summed E-state index contributed by atoms with van der Waals surface area (Å²) < 4.78 is 33.2. The van der Waals surface area contributed by atoms with Crippen molar-refractivity contribution in [1.29, 1.82) is 0 Å². The standard InChI is InChI=1S/C16H17NO6S/c1-3-22-16(19)17-11-8-12(18)10-14(9-11)23-13-4-6-15(7-5-13)24(2,20)21/h4-10,18H,3H2,1-2H3,(H,17,19). The van der Waals surface area contributed by atoms with Crippen LogP contribution in [0.4, 0.5) is 10.5 Å². The summed E-state index contributed by atoms with van der Waals surface area (Å²) in [5, 5.41) is 12.2. The number of phenolic OH excluding ortho intramolecular Hbond substituents is 1. The first-order valence-corrected chi connectivity index (χ1v) is 8.93. The minimum Gasteiger partial charge on any atom is -0.508 e. The number of ether oxygens (including phenoxy) is 2. The molecule has 7 nitrogen and oxygen atoms in total. The molecule has 0 saturated heterocycles. The number of aromatic hydroxyl groups is 1. The number of anilines is 1. The van der Waals surface area contributed by atoms with Crippen LogP contribution < -0.4 is 10.1 Å². The van der Waals surface area contributed by atoms with Gasteiger partial charge >= 0.3 is 6.09 Å². The van der Waals surface area contributed by atoms with Crippen molar-refractivity contribution in [3.05, 3.63) is 42.5 Å². The summed E-state index contributed by atoms with van der Waals surface area (Å²) in [6.07, 6.45) is 0.470. The van der Waals surface area contributed by atoms with Gasteiger partial charge in [0, 0.05) is 24.5 Å². The third-order valence-corrected chi connectivity index (χ3v) is 4.03. The lowest BCUT2D eigenvalue weighted by Gasteiger charge is -2.10. The summed E-state index contributed by atoms with van der Waals surface area (Å²) >= 11 is 0. The van der Waals surface area contributed by atoms with E-state index in [9.17, 15) is 18.3 Å². The van der Waals surface area contributed by atoms with Gasteiger partial charge in [-0.05, 0) is 31.2 Å². The van der Waals surface area contributed by atoms with Crippen LogP contribution in [0.5, 0.6) is 17.2 Å². The van der Waals surface area contributed by atoms with Crippen LogP contribution in [0, 0.1) is 0 Å². The summed E-state index contributed by atoms with van der Waals surface area (Å²) in [6.45, 7) is 1.90. The van der Waals surface area contributed by atoms with Crippen LogP contribution in [0.1, 0.15) is 6.92 Å². The Bertz CT molecular complexity index is 830. The third kappa shape index (κ3) is 4.88. The molecule has 0 atom stereocenters. The van der Waals surface area contributed by atoms with Gasteiger partial charge in [-0.1, -0.05) is 0 Å². The molecule has 24 heavy (non-hydrogen) atoms. The van der Waals surface area contributed by atoms with Crippen LogP contribution in [0.25, 0.3) is 0 Å². The van der Waals surface area contributed by atoms with Crippen LogP contribution in [0.2, 0.25) is 0 Å². The summed E-state index contributed by atoms with van der Waals surface area (Å²) in [5.74, 6) is 0.552. The second-order valence-electron chi connectivity index (χ2n) is 4.91. The number of rotatable bonds is 5. The van der Waals surface area contributed by atoms with Gasteiger partial charge in [0.05, 0.1) is 17.2 Å². The van der Waals surface area contributed by atoms with Crippen LogP contribution >= 0.6 is 0 Å². The highest BCUT2D eigenvalue weighted by atomic mass is 32.2. The molecule has 0 unspecified atom stereocenters. The number of hydrogen-bond donors (Lipinski definition) is 2. The molecule has 0 aliphatic carbocycles. The highest BCUT2D eigenvalue weighted by Gasteiger charge is 2.09. The van der Waals surface area contributed by atoms with Crippen molar-refractivity contribution in [2.45, 2.75) is 11.8 Å². The molecule has 0 heterocycles. The van der Waals surface area contributed by atoms with Crippen molar-refractivity contribution >= 4 is 21.6 Å². The summed E-state index contributed by atoms with van der Waals surface area (Å²) in [6, 6.07) is 10.0. The van der Waals surface area contributed by atoms with E-state index in [0.29, 0.717) is 11.4 Å². The number of hydrogen-bond acceptors (Lipinski definition) is 6. The van der Waals surface area contributed by atoms with Crippen LogP contribution in [0.15, 0.2) is 47.4 Å². The fraction of sp³-hybridized carbons (Fsp3) is 0.188. The quantitative estimate of drug-likeness (QED) is 0.858. The van der Waals surface area contributed by atoms with Gasteiger partial charge in [0.1, 0.15) is 17.2 Å². The minimum atomic E-state index is -3.28. The average molecular weight is 351 g/mol. The van der Waals surface area contributed by atoms with E-state index >= 15 is 0 Å². The number of amides is 1. The third-order valence-electron chi connectivity index (χ3n) is 2.90. The molecular formula is C16H17NO6S.